The van der Waals surface area contributed by atoms with Crippen LogP contribution in [0.15, 0.2) is 48.0 Å². The van der Waals surface area contributed by atoms with Crippen LogP contribution in [-0.2, 0) is 11.0 Å². The molecular weight excluding hydrogens is 353 g/mol. The number of alkyl halides is 3. The number of carbonyl (C=O) groups excluding carboxylic acids is 1. The Morgan fingerprint density at radius 3 is 2.56 bits per heavy atom. The zero-order valence-corrected chi connectivity index (χ0v) is 13.7. The zero-order valence-electron chi connectivity index (χ0n) is 13.0. The van der Waals surface area contributed by atoms with Gasteiger partial charge in [0.05, 0.1) is 5.56 Å². The summed E-state index contributed by atoms with van der Waals surface area (Å²) in [6.07, 6.45) is -3.67. The zero-order chi connectivity index (χ0) is 18.6. The maximum Gasteiger partial charge on any atom is 0.416 e. The summed E-state index contributed by atoms with van der Waals surface area (Å²) < 4.78 is 39.1. The number of aryl methyl sites for hydroxylation is 1. The summed E-state index contributed by atoms with van der Waals surface area (Å²) in [6.45, 7) is 1.72. The second-order valence-electron chi connectivity index (χ2n) is 5.17. The molecular formula is C18H12ClF3N2O. The first kappa shape index (κ1) is 18.6. The topological polar surface area (TPSA) is 52.9 Å². The van der Waals surface area contributed by atoms with Crippen LogP contribution in [0.4, 0.5) is 18.9 Å². The number of anilines is 1. The van der Waals surface area contributed by atoms with Crippen LogP contribution in [0.3, 0.4) is 0 Å². The molecule has 0 heterocycles. The third kappa shape index (κ3) is 4.61. The molecule has 0 aliphatic carbocycles. The lowest BCUT2D eigenvalue weighted by atomic mass is 10.0. The number of nitrogens with one attached hydrogen (secondary N) is 1. The number of carbonyl (C=O) groups is 1. The third-order valence-electron chi connectivity index (χ3n) is 3.38. The highest BCUT2D eigenvalue weighted by Gasteiger charge is 2.32. The SMILES string of the molecule is Cc1ccc(Cl)cc1NC(=O)/C(C#N)=C/c1ccccc1C(F)(F)F. The Morgan fingerprint density at radius 1 is 1.24 bits per heavy atom. The maximum atomic E-state index is 13.0. The Balaban J connectivity index is 2.37. The van der Waals surface area contributed by atoms with Gasteiger partial charge >= 0.3 is 6.18 Å². The predicted octanol–water partition coefficient (Wildman–Crippen LogP) is 5.21. The molecule has 3 nitrogen and oxygen atoms in total. The van der Waals surface area contributed by atoms with Gasteiger partial charge in [0, 0.05) is 10.7 Å². The van der Waals surface area contributed by atoms with Gasteiger partial charge in [-0.2, -0.15) is 18.4 Å². The van der Waals surface area contributed by atoms with Crippen molar-refractivity contribution in [2.45, 2.75) is 13.1 Å². The first-order valence-electron chi connectivity index (χ1n) is 7.08. The Bertz CT molecular complexity index is 883. The number of hydrogen-bond donors (Lipinski definition) is 1. The molecule has 0 aromatic heterocycles. The predicted molar refractivity (Wildman–Crippen MR) is 89.9 cm³/mol. The van der Waals surface area contributed by atoms with E-state index in [9.17, 15) is 18.0 Å². The van der Waals surface area contributed by atoms with Gasteiger partial charge < -0.3 is 5.32 Å². The van der Waals surface area contributed by atoms with Gasteiger partial charge in [-0.1, -0.05) is 35.9 Å². The van der Waals surface area contributed by atoms with Gasteiger partial charge in [0.1, 0.15) is 11.6 Å². The van der Waals surface area contributed by atoms with Gasteiger partial charge in [0.25, 0.3) is 5.91 Å². The van der Waals surface area contributed by atoms with Crippen LogP contribution >= 0.6 is 11.6 Å². The average molecular weight is 365 g/mol. The normalized spacial score (nSPS) is 11.8. The van der Waals surface area contributed by atoms with E-state index in [2.05, 4.69) is 5.32 Å². The molecule has 0 bridgehead atoms. The first-order valence-corrected chi connectivity index (χ1v) is 7.45. The number of hydrogen-bond acceptors (Lipinski definition) is 2. The number of amides is 1. The maximum absolute atomic E-state index is 13.0. The van der Waals surface area contributed by atoms with Gasteiger partial charge in [-0.15, -0.1) is 0 Å². The molecule has 0 unspecified atom stereocenters. The Morgan fingerprint density at radius 2 is 1.92 bits per heavy atom. The molecule has 7 heteroatoms. The fourth-order valence-corrected chi connectivity index (χ4v) is 2.28. The van der Waals surface area contributed by atoms with E-state index in [1.54, 1.807) is 25.1 Å². The fourth-order valence-electron chi connectivity index (χ4n) is 2.10. The molecule has 0 atom stereocenters. The van der Waals surface area contributed by atoms with Crippen LogP contribution in [0.25, 0.3) is 6.08 Å². The van der Waals surface area contributed by atoms with E-state index >= 15 is 0 Å². The summed E-state index contributed by atoms with van der Waals surface area (Å²) in [7, 11) is 0. The molecule has 0 fully saturated rings. The molecule has 0 aliphatic rings. The van der Waals surface area contributed by atoms with Gasteiger partial charge in [-0.25, -0.2) is 0 Å². The van der Waals surface area contributed by atoms with E-state index in [1.807, 2.05) is 0 Å². The number of nitriles is 1. The fraction of sp³-hybridized carbons (Fsp3) is 0.111. The second-order valence-corrected chi connectivity index (χ2v) is 5.60. The van der Waals surface area contributed by atoms with Crippen molar-refractivity contribution in [1.29, 1.82) is 5.26 Å². The minimum atomic E-state index is -4.59. The number of rotatable bonds is 3. The smallest absolute Gasteiger partial charge is 0.321 e. The molecule has 0 radical (unpaired) electrons. The number of benzene rings is 2. The second kappa shape index (κ2) is 7.41. The van der Waals surface area contributed by atoms with Crippen molar-refractivity contribution in [2.75, 3.05) is 5.32 Å². The molecule has 0 saturated carbocycles. The molecule has 0 saturated heterocycles. The Labute approximate surface area is 147 Å². The first-order chi connectivity index (χ1) is 11.7. The van der Waals surface area contributed by atoms with Crippen molar-refractivity contribution in [2.24, 2.45) is 0 Å². The number of halogens is 4. The van der Waals surface area contributed by atoms with Crippen LogP contribution in [0, 0.1) is 18.3 Å². The lowest BCUT2D eigenvalue weighted by Gasteiger charge is -2.11. The van der Waals surface area contributed by atoms with E-state index in [4.69, 9.17) is 16.9 Å². The monoisotopic (exact) mass is 364 g/mol. The molecule has 2 aromatic rings. The third-order valence-corrected chi connectivity index (χ3v) is 3.61. The van der Waals surface area contributed by atoms with E-state index < -0.39 is 23.2 Å². The van der Waals surface area contributed by atoms with Crippen LogP contribution in [0.5, 0.6) is 0 Å². The van der Waals surface area contributed by atoms with Crippen molar-refractivity contribution in [3.8, 4) is 6.07 Å². The Kier molecular flexibility index (Phi) is 5.50. The molecule has 1 N–H and O–H groups in total. The molecule has 0 aliphatic heterocycles. The minimum Gasteiger partial charge on any atom is -0.321 e. The van der Waals surface area contributed by atoms with Gasteiger partial charge in [-0.3, -0.25) is 4.79 Å². The van der Waals surface area contributed by atoms with Crippen molar-refractivity contribution in [1.82, 2.24) is 0 Å². The standard InChI is InChI=1S/C18H12ClF3N2O/c1-11-6-7-14(19)9-16(11)24-17(25)13(10-23)8-12-4-2-3-5-15(12)18(20,21)22/h2-9H,1H3,(H,24,25)/b13-8+. The lowest BCUT2D eigenvalue weighted by molar-refractivity contribution is -0.137. The molecule has 25 heavy (non-hydrogen) atoms. The van der Waals surface area contributed by atoms with Crippen molar-refractivity contribution in [3.63, 3.8) is 0 Å². The number of nitrogens with zero attached hydrogens (tertiary/aromatic N) is 1. The van der Waals surface area contributed by atoms with Crippen molar-refractivity contribution in [3.05, 3.63) is 69.8 Å². The highest BCUT2D eigenvalue weighted by Crippen LogP contribution is 2.33. The largest absolute Gasteiger partial charge is 0.416 e. The van der Waals surface area contributed by atoms with E-state index in [0.717, 1.165) is 12.1 Å². The van der Waals surface area contributed by atoms with Crippen LogP contribution < -0.4 is 5.32 Å². The van der Waals surface area contributed by atoms with Crippen LogP contribution in [0.1, 0.15) is 16.7 Å². The molecule has 2 aromatic carbocycles. The molecule has 1 amide bonds. The Hall–Kier alpha value is -2.78. The molecule has 128 valence electrons. The molecule has 0 spiro atoms. The van der Waals surface area contributed by atoms with E-state index in [-0.39, 0.29) is 5.56 Å². The summed E-state index contributed by atoms with van der Waals surface area (Å²) in [5, 5.41) is 12.0. The van der Waals surface area contributed by atoms with Gasteiger partial charge in [0.2, 0.25) is 0 Å². The van der Waals surface area contributed by atoms with Crippen molar-refractivity contribution < 1.29 is 18.0 Å². The summed E-state index contributed by atoms with van der Waals surface area (Å²) in [4.78, 5) is 12.2. The average Bonchev–Trinajstić information content (AvgIpc) is 2.55. The molecule has 2 rings (SSSR count). The van der Waals surface area contributed by atoms with E-state index in [0.29, 0.717) is 16.3 Å². The summed E-state index contributed by atoms with van der Waals surface area (Å²) >= 11 is 5.86. The van der Waals surface area contributed by atoms with Gasteiger partial charge in [-0.05, 0) is 42.3 Å². The van der Waals surface area contributed by atoms with E-state index in [1.165, 1.54) is 24.3 Å². The highest BCUT2D eigenvalue weighted by molar-refractivity contribution is 6.31. The van der Waals surface area contributed by atoms with Gasteiger partial charge in [0.15, 0.2) is 0 Å². The quantitative estimate of drug-likeness (QED) is 0.600. The van der Waals surface area contributed by atoms with Crippen LogP contribution in [0.2, 0.25) is 5.02 Å². The minimum absolute atomic E-state index is 0.260. The highest BCUT2D eigenvalue weighted by atomic mass is 35.5. The summed E-state index contributed by atoms with van der Waals surface area (Å²) in [6, 6.07) is 11.1. The lowest BCUT2D eigenvalue weighted by Crippen LogP contribution is -2.15. The van der Waals surface area contributed by atoms with Crippen LogP contribution in [-0.4, -0.2) is 5.91 Å². The summed E-state index contributed by atoms with van der Waals surface area (Å²) in [5.74, 6) is -0.815. The van der Waals surface area contributed by atoms with Crippen molar-refractivity contribution >= 4 is 29.3 Å². The summed E-state index contributed by atoms with van der Waals surface area (Å²) in [5.41, 5.74) is -0.552.